The van der Waals surface area contributed by atoms with Gasteiger partial charge in [-0.3, -0.25) is 9.89 Å². The van der Waals surface area contributed by atoms with Gasteiger partial charge in [-0.25, -0.2) is 13.4 Å². The van der Waals surface area contributed by atoms with E-state index in [1.807, 2.05) is 24.3 Å². The highest BCUT2D eigenvalue weighted by Crippen LogP contribution is 2.39. The summed E-state index contributed by atoms with van der Waals surface area (Å²) in [4.78, 5) is 16.8. The number of hydrogen-bond acceptors (Lipinski definition) is 5. The number of rotatable bonds is 6. The highest BCUT2D eigenvalue weighted by atomic mass is 32.2. The van der Waals surface area contributed by atoms with Crippen LogP contribution in [0, 0.1) is 0 Å². The Balaban J connectivity index is 1.58. The molecule has 1 aliphatic carbocycles. The van der Waals surface area contributed by atoms with Crippen molar-refractivity contribution in [1.29, 1.82) is 0 Å². The fourth-order valence-electron chi connectivity index (χ4n) is 2.98. The highest BCUT2D eigenvalue weighted by Gasteiger charge is 2.26. The molecule has 136 valence electrons. The number of H-pyrrole nitrogens is 1. The SMILES string of the molecule is CS(=O)(=O)Cc1nc2ccccc2n1CC(=O)Nc1cc(C2CC2)[nH]n1. The second kappa shape index (κ2) is 6.24. The number of para-hydroxylation sites is 2. The smallest absolute Gasteiger partial charge is 0.245 e. The molecule has 0 atom stereocenters. The summed E-state index contributed by atoms with van der Waals surface area (Å²) in [6.07, 6.45) is 3.44. The first kappa shape index (κ1) is 16.8. The van der Waals surface area contributed by atoms with Gasteiger partial charge in [0, 0.05) is 23.9 Å². The van der Waals surface area contributed by atoms with Gasteiger partial charge < -0.3 is 9.88 Å². The van der Waals surface area contributed by atoms with Crippen LogP contribution in [0.25, 0.3) is 11.0 Å². The van der Waals surface area contributed by atoms with Crippen molar-refractivity contribution in [2.45, 2.75) is 31.1 Å². The molecule has 26 heavy (non-hydrogen) atoms. The Morgan fingerprint density at radius 2 is 2.12 bits per heavy atom. The first-order valence-electron chi connectivity index (χ1n) is 8.36. The third kappa shape index (κ3) is 3.62. The average molecular weight is 373 g/mol. The first-order chi connectivity index (χ1) is 12.4. The lowest BCUT2D eigenvalue weighted by Crippen LogP contribution is -2.21. The lowest BCUT2D eigenvalue weighted by atomic mass is 10.3. The molecule has 2 aromatic heterocycles. The topological polar surface area (TPSA) is 110 Å². The Bertz CT molecular complexity index is 1080. The predicted octanol–water partition coefficient (Wildman–Crippen LogP) is 1.82. The molecule has 0 spiro atoms. The zero-order chi connectivity index (χ0) is 18.3. The van der Waals surface area contributed by atoms with Crippen molar-refractivity contribution in [2.24, 2.45) is 0 Å². The molecule has 4 rings (SSSR count). The second-order valence-electron chi connectivity index (χ2n) is 6.70. The number of nitrogens with one attached hydrogen (secondary N) is 2. The van der Waals surface area contributed by atoms with Gasteiger partial charge in [-0.1, -0.05) is 12.1 Å². The molecule has 9 heteroatoms. The molecule has 1 aromatic carbocycles. The van der Waals surface area contributed by atoms with Crippen molar-refractivity contribution in [3.8, 4) is 0 Å². The number of fused-ring (bicyclic) bond motifs is 1. The molecule has 1 amide bonds. The van der Waals surface area contributed by atoms with Crippen LogP contribution in [-0.4, -0.2) is 40.3 Å². The first-order valence-corrected chi connectivity index (χ1v) is 10.4. The summed E-state index contributed by atoms with van der Waals surface area (Å²) in [5.41, 5.74) is 2.42. The molecule has 2 N–H and O–H groups in total. The molecule has 3 aromatic rings. The largest absolute Gasteiger partial charge is 0.318 e. The van der Waals surface area contributed by atoms with Crippen molar-refractivity contribution in [2.75, 3.05) is 11.6 Å². The van der Waals surface area contributed by atoms with Gasteiger partial charge in [0.1, 0.15) is 18.1 Å². The van der Waals surface area contributed by atoms with Crippen LogP contribution in [0.3, 0.4) is 0 Å². The van der Waals surface area contributed by atoms with Crippen LogP contribution in [0.2, 0.25) is 0 Å². The number of carbonyl (C=O) groups is 1. The summed E-state index contributed by atoms with van der Waals surface area (Å²) in [5.74, 6) is 0.850. The van der Waals surface area contributed by atoms with E-state index in [1.165, 1.54) is 0 Å². The lowest BCUT2D eigenvalue weighted by Gasteiger charge is -2.08. The maximum absolute atomic E-state index is 12.5. The molecule has 0 radical (unpaired) electrons. The monoisotopic (exact) mass is 373 g/mol. The van der Waals surface area contributed by atoms with Crippen molar-refractivity contribution < 1.29 is 13.2 Å². The summed E-state index contributed by atoms with van der Waals surface area (Å²) >= 11 is 0. The molecule has 0 bridgehead atoms. The van der Waals surface area contributed by atoms with Crippen LogP contribution in [0.15, 0.2) is 30.3 Å². The van der Waals surface area contributed by atoms with Gasteiger partial charge in [0.2, 0.25) is 5.91 Å². The van der Waals surface area contributed by atoms with E-state index in [0.29, 0.717) is 23.1 Å². The normalized spacial score (nSPS) is 14.7. The number of aromatic amines is 1. The van der Waals surface area contributed by atoms with E-state index >= 15 is 0 Å². The quantitative estimate of drug-likeness (QED) is 0.685. The van der Waals surface area contributed by atoms with Crippen LogP contribution >= 0.6 is 0 Å². The molecule has 8 nitrogen and oxygen atoms in total. The number of carbonyl (C=O) groups excluding carboxylic acids is 1. The van der Waals surface area contributed by atoms with Gasteiger partial charge in [0.05, 0.1) is 11.0 Å². The number of sulfone groups is 1. The van der Waals surface area contributed by atoms with Crippen LogP contribution < -0.4 is 5.32 Å². The lowest BCUT2D eigenvalue weighted by molar-refractivity contribution is -0.116. The zero-order valence-corrected chi connectivity index (χ0v) is 15.1. The summed E-state index contributed by atoms with van der Waals surface area (Å²) in [7, 11) is -3.27. The summed E-state index contributed by atoms with van der Waals surface area (Å²) in [6, 6.07) is 9.12. The number of imidazole rings is 1. The van der Waals surface area contributed by atoms with Crippen molar-refractivity contribution >= 4 is 32.6 Å². The van der Waals surface area contributed by atoms with E-state index in [0.717, 1.165) is 30.3 Å². The van der Waals surface area contributed by atoms with Gasteiger partial charge in [0.15, 0.2) is 15.7 Å². The summed E-state index contributed by atoms with van der Waals surface area (Å²) in [6.45, 7) is -0.0308. The molecular weight excluding hydrogens is 354 g/mol. The highest BCUT2D eigenvalue weighted by molar-refractivity contribution is 7.89. The van der Waals surface area contributed by atoms with E-state index in [2.05, 4.69) is 20.5 Å². The molecule has 0 aliphatic heterocycles. The molecule has 2 heterocycles. The molecule has 0 unspecified atom stereocenters. The average Bonchev–Trinajstić information content (AvgIpc) is 3.23. The van der Waals surface area contributed by atoms with Crippen LogP contribution in [-0.2, 0) is 26.9 Å². The Labute approximate surface area is 150 Å². The van der Waals surface area contributed by atoms with Crippen LogP contribution in [0.1, 0.15) is 30.3 Å². The van der Waals surface area contributed by atoms with E-state index in [-0.39, 0.29) is 18.2 Å². The maximum Gasteiger partial charge on any atom is 0.245 e. The Morgan fingerprint density at radius 1 is 1.35 bits per heavy atom. The van der Waals surface area contributed by atoms with Crippen molar-refractivity contribution in [3.05, 3.63) is 41.9 Å². The maximum atomic E-state index is 12.5. The number of amides is 1. The fourth-order valence-corrected chi connectivity index (χ4v) is 3.67. The third-order valence-corrected chi connectivity index (χ3v) is 5.09. The summed E-state index contributed by atoms with van der Waals surface area (Å²) in [5, 5.41) is 9.81. The van der Waals surface area contributed by atoms with Crippen LogP contribution in [0.5, 0.6) is 0 Å². The molecule has 0 saturated heterocycles. The minimum atomic E-state index is -3.27. The minimum absolute atomic E-state index is 0.0308. The van der Waals surface area contributed by atoms with E-state index in [1.54, 1.807) is 10.6 Å². The van der Waals surface area contributed by atoms with Crippen LogP contribution in [0.4, 0.5) is 5.82 Å². The predicted molar refractivity (Wildman–Crippen MR) is 97.5 cm³/mol. The minimum Gasteiger partial charge on any atom is -0.318 e. The zero-order valence-electron chi connectivity index (χ0n) is 14.3. The molecule has 1 aliphatic rings. The molecule has 1 saturated carbocycles. The van der Waals surface area contributed by atoms with Crippen molar-refractivity contribution in [3.63, 3.8) is 0 Å². The fraction of sp³-hybridized carbons (Fsp3) is 0.353. The number of hydrogen-bond donors (Lipinski definition) is 2. The van der Waals surface area contributed by atoms with Gasteiger partial charge in [-0.15, -0.1) is 0 Å². The Hall–Kier alpha value is -2.68. The van der Waals surface area contributed by atoms with Gasteiger partial charge >= 0.3 is 0 Å². The number of benzene rings is 1. The van der Waals surface area contributed by atoms with E-state index < -0.39 is 9.84 Å². The van der Waals surface area contributed by atoms with Gasteiger partial charge in [-0.05, 0) is 25.0 Å². The molecule has 1 fully saturated rings. The number of aromatic nitrogens is 4. The van der Waals surface area contributed by atoms with Gasteiger partial charge in [0.25, 0.3) is 0 Å². The van der Waals surface area contributed by atoms with Gasteiger partial charge in [-0.2, -0.15) is 5.10 Å². The molecular formula is C17H19N5O3S. The summed E-state index contributed by atoms with van der Waals surface area (Å²) < 4.78 is 25.1. The number of nitrogens with zero attached hydrogens (tertiary/aromatic N) is 3. The number of anilines is 1. The van der Waals surface area contributed by atoms with Crippen molar-refractivity contribution in [1.82, 2.24) is 19.7 Å². The Morgan fingerprint density at radius 3 is 2.85 bits per heavy atom. The van der Waals surface area contributed by atoms with E-state index in [9.17, 15) is 13.2 Å². The third-order valence-electron chi connectivity index (χ3n) is 4.31. The Kier molecular flexibility index (Phi) is 4.03. The standard InChI is InChI=1S/C17H19N5O3S/c1-26(24,25)10-16-18-12-4-2-3-5-14(12)22(16)9-17(23)19-15-8-13(20-21-15)11-6-7-11/h2-5,8,11H,6-7,9-10H2,1H3,(H2,19,20,21,23). The van der Waals surface area contributed by atoms with E-state index in [4.69, 9.17) is 0 Å². The second-order valence-corrected chi connectivity index (χ2v) is 8.84.